The molecular weight excluding hydrogens is 334 g/mol. The lowest BCUT2D eigenvalue weighted by Gasteiger charge is -2.11. The number of fused-ring (bicyclic) bond motifs is 1. The molecule has 1 aromatic carbocycles. The molecule has 0 saturated heterocycles. The molecule has 25 heavy (non-hydrogen) atoms. The van der Waals surface area contributed by atoms with Crippen molar-refractivity contribution < 1.29 is 4.42 Å². The highest BCUT2D eigenvalue weighted by Gasteiger charge is 2.11. The molecule has 5 nitrogen and oxygen atoms in total. The van der Waals surface area contributed by atoms with Crippen molar-refractivity contribution in [2.45, 2.75) is 19.3 Å². The van der Waals surface area contributed by atoms with Crippen LogP contribution in [0.25, 0.3) is 22.2 Å². The van der Waals surface area contributed by atoms with Gasteiger partial charge in [0, 0.05) is 17.0 Å². The Bertz CT molecular complexity index is 1000. The highest BCUT2D eigenvalue weighted by Crippen LogP contribution is 2.25. The number of nitrogens with one attached hydrogen (secondary N) is 1. The summed E-state index contributed by atoms with van der Waals surface area (Å²) in [5, 5.41) is 7.65. The topological polar surface area (TPSA) is 67.5 Å². The summed E-state index contributed by atoms with van der Waals surface area (Å²) in [6, 6.07) is 9.27. The molecule has 1 aliphatic carbocycles. The van der Waals surface area contributed by atoms with E-state index in [0.717, 1.165) is 24.6 Å². The molecule has 126 valence electrons. The highest BCUT2D eigenvalue weighted by atomic mass is 32.1. The minimum Gasteiger partial charge on any atom is -0.422 e. The average molecular weight is 351 g/mol. The number of aromatic nitrogens is 1. The molecule has 0 aliphatic heterocycles. The van der Waals surface area contributed by atoms with E-state index in [4.69, 9.17) is 4.42 Å². The molecule has 0 fully saturated rings. The smallest absolute Gasteiger partial charge is 0.345 e. The quantitative estimate of drug-likeness (QED) is 0.321. The van der Waals surface area contributed by atoms with Crippen molar-refractivity contribution in [1.82, 2.24) is 4.98 Å². The maximum Gasteiger partial charge on any atom is 0.345 e. The third kappa shape index (κ3) is 3.53. The summed E-state index contributed by atoms with van der Waals surface area (Å²) >= 11 is 1.41. The van der Waals surface area contributed by atoms with Crippen LogP contribution >= 0.6 is 11.3 Å². The second-order valence-corrected chi connectivity index (χ2v) is 6.82. The molecule has 2 heterocycles. The van der Waals surface area contributed by atoms with Crippen molar-refractivity contribution in [3.63, 3.8) is 0 Å². The molecule has 2 aromatic heterocycles. The van der Waals surface area contributed by atoms with E-state index in [1.54, 1.807) is 6.07 Å². The zero-order valence-corrected chi connectivity index (χ0v) is 14.3. The predicted octanol–water partition coefficient (Wildman–Crippen LogP) is 4.67. The lowest BCUT2D eigenvalue weighted by Crippen LogP contribution is -2.05. The molecule has 1 N–H and O–H groups in total. The Kier molecular flexibility index (Phi) is 4.43. The van der Waals surface area contributed by atoms with Gasteiger partial charge < -0.3 is 4.42 Å². The monoisotopic (exact) mass is 351 g/mol. The predicted molar refractivity (Wildman–Crippen MR) is 102 cm³/mol. The van der Waals surface area contributed by atoms with Crippen molar-refractivity contribution in [3.8, 4) is 11.3 Å². The molecular formula is C19H17N3O2S. The van der Waals surface area contributed by atoms with Crippen LogP contribution < -0.4 is 11.1 Å². The van der Waals surface area contributed by atoms with Crippen molar-refractivity contribution in [3.05, 3.63) is 58.3 Å². The maximum atomic E-state index is 12.2. The summed E-state index contributed by atoms with van der Waals surface area (Å²) in [6.45, 7) is 0. The molecule has 1 atom stereocenters. The van der Waals surface area contributed by atoms with Crippen molar-refractivity contribution in [1.29, 1.82) is 0 Å². The van der Waals surface area contributed by atoms with Gasteiger partial charge in [0.2, 0.25) is 5.13 Å². The van der Waals surface area contributed by atoms with Crippen molar-refractivity contribution in [2.75, 3.05) is 5.43 Å². The Balaban J connectivity index is 1.53. The summed E-state index contributed by atoms with van der Waals surface area (Å²) in [6.07, 6.45) is 9.61. The second-order valence-electron chi connectivity index (χ2n) is 5.96. The number of benzene rings is 1. The fourth-order valence-corrected chi connectivity index (χ4v) is 3.50. The van der Waals surface area contributed by atoms with Crippen molar-refractivity contribution in [2.24, 2.45) is 11.0 Å². The summed E-state index contributed by atoms with van der Waals surface area (Å²) in [7, 11) is 0. The third-order valence-corrected chi connectivity index (χ3v) is 4.92. The average Bonchev–Trinajstić information content (AvgIpc) is 3.11. The van der Waals surface area contributed by atoms with Crippen LogP contribution in [0.15, 0.2) is 62.2 Å². The lowest BCUT2D eigenvalue weighted by molar-refractivity contribution is 0.563. The van der Waals surface area contributed by atoms with Gasteiger partial charge >= 0.3 is 5.63 Å². The number of anilines is 1. The Morgan fingerprint density at radius 3 is 3.12 bits per heavy atom. The van der Waals surface area contributed by atoms with E-state index in [-0.39, 0.29) is 5.63 Å². The van der Waals surface area contributed by atoms with E-state index >= 15 is 0 Å². The zero-order valence-electron chi connectivity index (χ0n) is 13.5. The van der Waals surface area contributed by atoms with Crippen LogP contribution in [0, 0.1) is 5.92 Å². The largest absolute Gasteiger partial charge is 0.422 e. The number of allylic oxidation sites excluding steroid dienone is 2. The van der Waals surface area contributed by atoms with Crippen LogP contribution in [0.3, 0.4) is 0 Å². The fraction of sp³-hybridized carbons (Fsp3) is 0.211. The normalized spacial score (nSPS) is 17.4. The standard InChI is InChI=1S/C19H17N3O2S/c23-18-15(10-14-8-4-5-9-17(14)24-18)16-12-25-19(21-16)22-20-11-13-6-2-1-3-7-13/h1-2,4-5,8-13H,3,6-7H2,(H,21,22)/t13-/m0/s1. The number of rotatable bonds is 4. The second kappa shape index (κ2) is 7.03. The molecule has 1 aliphatic rings. The third-order valence-electron chi connectivity index (χ3n) is 4.18. The van der Waals surface area contributed by atoms with Crippen LogP contribution in [0.2, 0.25) is 0 Å². The van der Waals surface area contributed by atoms with Gasteiger partial charge in [-0.15, -0.1) is 11.3 Å². The van der Waals surface area contributed by atoms with Gasteiger partial charge in [0.1, 0.15) is 5.58 Å². The van der Waals surface area contributed by atoms with Gasteiger partial charge in [-0.1, -0.05) is 30.4 Å². The molecule has 0 radical (unpaired) electrons. The number of thiazole rings is 1. The molecule has 3 aromatic rings. The molecule has 0 bridgehead atoms. The minimum atomic E-state index is -0.381. The summed E-state index contributed by atoms with van der Waals surface area (Å²) in [5.74, 6) is 0.476. The number of nitrogens with zero attached hydrogens (tertiary/aromatic N) is 2. The van der Waals surface area contributed by atoms with Crippen molar-refractivity contribution >= 4 is 33.7 Å². The lowest BCUT2D eigenvalue weighted by atomic mass is 9.96. The van der Waals surface area contributed by atoms with E-state index in [1.807, 2.05) is 35.9 Å². The summed E-state index contributed by atoms with van der Waals surface area (Å²) < 4.78 is 5.37. The minimum absolute atomic E-state index is 0.381. The maximum absolute atomic E-state index is 12.2. The Labute approximate surface area is 148 Å². The number of hydrogen-bond donors (Lipinski definition) is 1. The summed E-state index contributed by atoms with van der Waals surface area (Å²) in [5.41, 5.74) is 4.22. The molecule has 6 heteroatoms. The van der Waals surface area contributed by atoms with Gasteiger partial charge in [0.25, 0.3) is 0 Å². The van der Waals surface area contributed by atoms with Crippen LogP contribution in [-0.2, 0) is 0 Å². The first kappa shape index (κ1) is 15.8. The molecule has 0 saturated carbocycles. The summed E-state index contributed by atoms with van der Waals surface area (Å²) in [4.78, 5) is 16.7. The van der Waals surface area contributed by atoms with Gasteiger partial charge in [-0.25, -0.2) is 9.78 Å². The molecule has 0 unspecified atom stereocenters. The van der Waals surface area contributed by atoms with E-state index in [0.29, 0.717) is 27.9 Å². The molecule has 4 rings (SSSR count). The van der Waals surface area contributed by atoms with E-state index in [1.165, 1.54) is 11.3 Å². The van der Waals surface area contributed by atoms with Gasteiger partial charge in [0.05, 0.1) is 11.3 Å². The number of hydrogen-bond acceptors (Lipinski definition) is 6. The van der Waals surface area contributed by atoms with Crippen LogP contribution in [0.4, 0.5) is 5.13 Å². The fourth-order valence-electron chi connectivity index (χ4n) is 2.84. The zero-order chi connectivity index (χ0) is 17.1. The Morgan fingerprint density at radius 1 is 1.32 bits per heavy atom. The SMILES string of the molecule is O=c1oc2ccccc2cc1-c1csc(NN=C[C@H]2CC=CCC2)n1. The van der Waals surface area contributed by atoms with Gasteiger partial charge in [-0.2, -0.15) is 5.10 Å². The van der Waals surface area contributed by atoms with Gasteiger partial charge in [-0.3, -0.25) is 5.43 Å². The van der Waals surface area contributed by atoms with E-state index in [9.17, 15) is 4.79 Å². The Morgan fingerprint density at radius 2 is 2.24 bits per heavy atom. The van der Waals surface area contributed by atoms with Crippen LogP contribution in [0.5, 0.6) is 0 Å². The molecule has 0 spiro atoms. The van der Waals surface area contributed by atoms with Crippen LogP contribution in [0.1, 0.15) is 19.3 Å². The van der Waals surface area contributed by atoms with E-state index in [2.05, 4.69) is 27.7 Å². The first-order valence-electron chi connectivity index (χ1n) is 8.22. The van der Waals surface area contributed by atoms with E-state index < -0.39 is 0 Å². The highest BCUT2D eigenvalue weighted by molar-refractivity contribution is 7.14. The number of para-hydroxylation sites is 1. The Hall–Kier alpha value is -2.73. The first-order valence-corrected chi connectivity index (χ1v) is 9.10. The number of hydrazone groups is 1. The van der Waals surface area contributed by atoms with Crippen LogP contribution in [-0.4, -0.2) is 11.2 Å². The molecule has 0 amide bonds. The van der Waals surface area contributed by atoms with Gasteiger partial charge in [-0.05, 0) is 37.3 Å². The van der Waals surface area contributed by atoms with Gasteiger partial charge in [0.15, 0.2) is 0 Å². The first-order chi connectivity index (χ1) is 12.3.